The zero-order valence-electron chi connectivity index (χ0n) is 9.29. The molecule has 0 aromatic carbocycles. The van der Waals surface area contributed by atoms with Crippen LogP contribution in [0.3, 0.4) is 0 Å². The van der Waals surface area contributed by atoms with E-state index in [2.05, 4.69) is 10.3 Å². The lowest BCUT2D eigenvalue weighted by Crippen LogP contribution is -2.45. The molecule has 88 valence electrons. The quantitative estimate of drug-likeness (QED) is 0.849. The fourth-order valence-electron chi connectivity index (χ4n) is 1.85. The van der Waals surface area contributed by atoms with Gasteiger partial charge in [-0.2, -0.15) is 0 Å². The summed E-state index contributed by atoms with van der Waals surface area (Å²) in [7, 11) is 1.75. The predicted molar refractivity (Wildman–Crippen MR) is 65.7 cm³/mol. The number of ether oxygens (including phenoxy) is 1. The predicted octanol–water partition coefficient (Wildman–Crippen LogP) is 2.30. The van der Waals surface area contributed by atoms with Gasteiger partial charge in [-0.05, 0) is 25.3 Å². The Hall–Kier alpha value is -1.00. The lowest BCUT2D eigenvalue weighted by molar-refractivity contribution is -0.0601. The Kier molecular flexibility index (Phi) is 3.21. The summed E-state index contributed by atoms with van der Waals surface area (Å²) in [5.74, 6) is 0.666. The molecule has 0 unspecified atom stereocenters. The molecule has 3 N–H and O–H groups in total. The number of nitrogen functional groups attached to an aromatic ring is 1. The van der Waals surface area contributed by atoms with Gasteiger partial charge in [0.05, 0.1) is 22.5 Å². The monoisotopic (exact) mass is 241 g/mol. The van der Waals surface area contributed by atoms with Crippen molar-refractivity contribution in [3.63, 3.8) is 0 Å². The van der Waals surface area contributed by atoms with E-state index in [1.165, 1.54) is 6.42 Å². The van der Waals surface area contributed by atoms with E-state index in [9.17, 15) is 0 Å². The second-order valence-corrected chi connectivity index (χ2v) is 4.60. The van der Waals surface area contributed by atoms with Crippen molar-refractivity contribution in [2.75, 3.05) is 24.7 Å². The van der Waals surface area contributed by atoms with Crippen molar-refractivity contribution in [3.05, 3.63) is 17.3 Å². The van der Waals surface area contributed by atoms with Gasteiger partial charge in [0.1, 0.15) is 5.82 Å². The maximum Gasteiger partial charge on any atom is 0.145 e. The number of hydrogen-bond donors (Lipinski definition) is 2. The van der Waals surface area contributed by atoms with Crippen molar-refractivity contribution in [3.8, 4) is 0 Å². The number of methoxy groups -OCH3 is 1. The smallest absolute Gasteiger partial charge is 0.145 e. The van der Waals surface area contributed by atoms with E-state index in [0.29, 0.717) is 16.5 Å². The summed E-state index contributed by atoms with van der Waals surface area (Å²) in [6.45, 7) is 0.736. The highest BCUT2D eigenvalue weighted by atomic mass is 35.5. The number of nitrogens with zero attached hydrogens (tertiary/aromatic N) is 1. The first-order valence-corrected chi connectivity index (χ1v) is 5.73. The third kappa shape index (κ3) is 2.23. The zero-order chi connectivity index (χ0) is 11.6. The minimum atomic E-state index is -0.0353. The third-order valence-corrected chi connectivity index (χ3v) is 3.43. The number of pyridine rings is 1. The first-order chi connectivity index (χ1) is 7.65. The molecule has 1 fully saturated rings. The highest BCUT2D eigenvalue weighted by Gasteiger charge is 2.36. The minimum Gasteiger partial charge on any atom is -0.397 e. The van der Waals surface area contributed by atoms with Gasteiger partial charge in [0, 0.05) is 13.7 Å². The van der Waals surface area contributed by atoms with E-state index in [-0.39, 0.29) is 5.60 Å². The Labute approximate surface area is 100 Å². The van der Waals surface area contributed by atoms with E-state index in [0.717, 1.165) is 19.4 Å². The molecule has 1 heterocycles. The number of nitrogens with two attached hydrogens (primary N) is 1. The number of hydrogen-bond acceptors (Lipinski definition) is 4. The van der Waals surface area contributed by atoms with Gasteiger partial charge in [-0.3, -0.25) is 0 Å². The van der Waals surface area contributed by atoms with Crippen LogP contribution in [0.5, 0.6) is 0 Å². The fourth-order valence-corrected chi connectivity index (χ4v) is 2.09. The van der Waals surface area contributed by atoms with Gasteiger partial charge in [0.25, 0.3) is 0 Å². The van der Waals surface area contributed by atoms with Crippen molar-refractivity contribution < 1.29 is 4.74 Å². The Bertz CT molecular complexity index is 374. The molecule has 1 aromatic heterocycles. The highest BCUT2D eigenvalue weighted by Crippen LogP contribution is 2.35. The summed E-state index contributed by atoms with van der Waals surface area (Å²) in [6.07, 6.45) is 4.99. The van der Waals surface area contributed by atoms with Gasteiger partial charge >= 0.3 is 0 Å². The topological polar surface area (TPSA) is 60.2 Å². The van der Waals surface area contributed by atoms with Crippen molar-refractivity contribution in [1.29, 1.82) is 0 Å². The van der Waals surface area contributed by atoms with Crippen LogP contribution in [0.4, 0.5) is 11.5 Å². The minimum absolute atomic E-state index is 0.0353. The highest BCUT2D eigenvalue weighted by molar-refractivity contribution is 6.33. The van der Waals surface area contributed by atoms with E-state index in [1.807, 2.05) is 0 Å². The van der Waals surface area contributed by atoms with Crippen LogP contribution >= 0.6 is 11.6 Å². The molecule has 0 atom stereocenters. The Morgan fingerprint density at radius 1 is 1.62 bits per heavy atom. The first-order valence-electron chi connectivity index (χ1n) is 5.35. The molecule has 0 spiro atoms. The Morgan fingerprint density at radius 2 is 2.38 bits per heavy atom. The lowest BCUT2D eigenvalue weighted by Gasteiger charge is -2.40. The average molecular weight is 242 g/mol. The first kappa shape index (κ1) is 11.5. The van der Waals surface area contributed by atoms with Gasteiger partial charge in [0.2, 0.25) is 0 Å². The second kappa shape index (κ2) is 4.47. The Balaban J connectivity index is 1.99. The molecule has 0 bridgehead atoms. The van der Waals surface area contributed by atoms with E-state index in [1.54, 1.807) is 19.4 Å². The third-order valence-electron chi connectivity index (χ3n) is 3.14. The molecule has 0 saturated heterocycles. The zero-order valence-corrected chi connectivity index (χ0v) is 10.0. The maximum atomic E-state index is 6.02. The van der Waals surface area contributed by atoms with Crippen LogP contribution in [0, 0.1) is 0 Å². The molecule has 1 saturated carbocycles. The molecule has 1 aliphatic rings. The lowest BCUT2D eigenvalue weighted by atomic mass is 9.80. The van der Waals surface area contributed by atoms with Crippen LogP contribution in [0.2, 0.25) is 5.02 Å². The van der Waals surface area contributed by atoms with Gasteiger partial charge in [-0.1, -0.05) is 11.6 Å². The van der Waals surface area contributed by atoms with Gasteiger partial charge in [-0.15, -0.1) is 0 Å². The molecule has 16 heavy (non-hydrogen) atoms. The van der Waals surface area contributed by atoms with Crippen molar-refractivity contribution in [2.45, 2.75) is 24.9 Å². The van der Waals surface area contributed by atoms with Crippen molar-refractivity contribution in [1.82, 2.24) is 4.98 Å². The number of halogens is 1. The van der Waals surface area contributed by atoms with Crippen LogP contribution in [0.1, 0.15) is 19.3 Å². The molecule has 2 rings (SSSR count). The SMILES string of the molecule is COC1(CNc2ncc(N)cc2Cl)CCC1. The van der Waals surface area contributed by atoms with Crippen LogP contribution in [0.15, 0.2) is 12.3 Å². The summed E-state index contributed by atoms with van der Waals surface area (Å²) in [4.78, 5) is 4.15. The molecule has 0 aliphatic heterocycles. The van der Waals surface area contributed by atoms with Gasteiger partial charge < -0.3 is 15.8 Å². The standard InChI is InChI=1S/C11H16ClN3O/c1-16-11(3-2-4-11)7-15-10-9(12)5-8(13)6-14-10/h5-6H,2-4,7,13H2,1H3,(H,14,15). The maximum absolute atomic E-state index is 6.02. The molecule has 1 aromatic rings. The number of nitrogens with one attached hydrogen (secondary N) is 1. The van der Waals surface area contributed by atoms with Crippen LogP contribution in [-0.4, -0.2) is 24.2 Å². The van der Waals surface area contributed by atoms with E-state index in [4.69, 9.17) is 22.1 Å². The van der Waals surface area contributed by atoms with Crippen LogP contribution < -0.4 is 11.1 Å². The molecular weight excluding hydrogens is 226 g/mol. The summed E-state index contributed by atoms with van der Waals surface area (Å²) in [5.41, 5.74) is 6.11. The van der Waals surface area contributed by atoms with Crippen molar-refractivity contribution >= 4 is 23.1 Å². The van der Waals surface area contributed by atoms with Gasteiger partial charge in [0.15, 0.2) is 0 Å². The molecular formula is C11H16ClN3O. The molecule has 0 radical (unpaired) electrons. The van der Waals surface area contributed by atoms with Crippen molar-refractivity contribution in [2.24, 2.45) is 0 Å². The summed E-state index contributed by atoms with van der Waals surface area (Å²) in [5, 5.41) is 3.76. The van der Waals surface area contributed by atoms with Crippen LogP contribution in [-0.2, 0) is 4.74 Å². The van der Waals surface area contributed by atoms with Gasteiger partial charge in [-0.25, -0.2) is 4.98 Å². The fraction of sp³-hybridized carbons (Fsp3) is 0.545. The second-order valence-electron chi connectivity index (χ2n) is 4.19. The normalized spacial score (nSPS) is 17.9. The number of anilines is 2. The Morgan fingerprint density at radius 3 is 2.88 bits per heavy atom. The summed E-state index contributed by atoms with van der Waals surface area (Å²) in [6, 6.07) is 1.69. The average Bonchev–Trinajstić information content (AvgIpc) is 2.19. The number of aromatic nitrogens is 1. The van der Waals surface area contributed by atoms with E-state index >= 15 is 0 Å². The summed E-state index contributed by atoms with van der Waals surface area (Å²) >= 11 is 6.02. The van der Waals surface area contributed by atoms with E-state index < -0.39 is 0 Å². The molecule has 1 aliphatic carbocycles. The summed E-state index contributed by atoms with van der Waals surface area (Å²) < 4.78 is 5.50. The number of rotatable bonds is 4. The molecule has 0 amide bonds. The molecule has 5 heteroatoms. The largest absolute Gasteiger partial charge is 0.397 e. The molecule has 4 nitrogen and oxygen atoms in total. The van der Waals surface area contributed by atoms with Crippen LogP contribution in [0.25, 0.3) is 0 Å².